The summed E-state index contributed by atoms with van der Waals surface area (Å²) >= 11 is 12.7. The van der Waals surface area contributed by atoms with Gasteiger partial charge in [-0.3, -0.25) is 4.79 Å². The van der Waals surface area contributed by atoms with Crippen molar-refractivity contribution < 1.29 is 28.4 Å². The second kappa shape index (κ2) is 14.2. The van der Waals surface area contributed by atoms with Crippen molar-refractivity contribution in [2.24, 2.45) is 5.92 Å². The van der Waals surface area contributed by atoms with E-state index in [2.05, 4.69) is 16.6 Å². The molecular formula is C27H41Cl2N3O6S. The number of carbonyl (C=O) groups excluding carboxylic acids is 2. The van der Waals surface area contributed by atoms with E-state index in [9.17, 15) is 18.9 Å². The van der Waals surface area contributed by atoms with Gasteiger partial charge in [0.05, 0.1) is 38.4 Å². The Balaban J connectivity index is 2.18. The first-order valence-corrected chi connectivity index (χ1v) is 14.8. The number of likely N-dealkylation sites (tertiary alicyclic amines) is 1. The Labute approximate surface area is 244 Å². The third kappa shape index (κ3) is 10.2. The molecule has 1 aromatic rings. The molecule has 9 nitrogen and oxygen atoms in total. The van der Waals surface area contributed by atoms with Gasteiger partial charge in [-0.25, -0.2) is 13.7 Å². The van der Waals surface area contributed by atoms with Crippen LogP contribution in [0.1, 0.15) is 66.0 Å². The van der Waals surface area contributed by atoms with Crippen LogP contribution in [0.25, 0.3) is 0 Å². The minimum absolute atomic E-state index is 0.0271. The second-order valence-corrected chi connectivity index (χ2v) is 14.3. The van der Waals surface area contributed by atoms with Gasteiger partial charge in [0, 0.05) is 24.7 Å². The second-order valence-electron chi connectivity index (χ2n) is 11.4. The van der Waals surface area contributed by atoms with Gasteiger partial charge in [-0.15, -0.1) is 0 Å². The number of benzene rings is 1. The lowest BCUT2D eigenvalue weighted by atomic mass is 9.85. The third-order valence-corrected chi connectivity index (χ3v) is 8.28. The van der Waals surface area contributed by atoms with E-state index in [0.29, 0.717) is 41.7 Å². The molecule has 39 heavy (non-hydrogen) atoms. The van der Waals surface area contributed by atoms with E-state index in [1.165, 1.54) is 0 Å². The molecule has 1 fully saturated rings. The molecule has 1 saturated heterocycles. The molecule has 0 unspecified atom stereocenters. The fourth-order valence-electron chi connectivity index (χ4n) is 4.01. The van der Waals surface area contributed by atoms with Crippen LogP contribution in [0.2, 0.25) is 10.0 Å². The number of ether oxygens (including phenoxy) is 2. The molecule has 2 rings (SSSR count). The number of hydrogen-bond acceptors (Lipinski definition) is 6. The highest BCUT2D eigenvalue weighted by atomic mass is 35.5. The van der Waals surface area contributed by atoms with Crippen molar-refractivity contribution in [3.8, 4) is 5.75 Å². The number of amides is 2. The molecule has 0 aromatic heterocycles. The standard InChI is InChI=1S/C27H41Cl2N3O6S/c1-8-13-37-22-15-20(29)19(28)14-18(22)23(31-39(36)27(5,6)7)17-9-11-32(12-10-17)24(34)21(33)16-30-25(35)38-26(2,3)4/h8,14-15,17,21,23,31,33H,1,9-13,16H2,2-7H3,(H,30,35)/t21-,23+,39-/m0/s1. The number of piperidine rings is 1. The van der Waals surface area contributed by atoms with E-state index >= 15 is 0 Å². The summed E-state index contributed by atoms with van der Waals surface area (Å²) in [4.78, 5) is 26.3. The Kier molecular flexibility index (Phi) is 12.1. The minimum atomic E-state index is -1.41. The molecular weight excluding hydrogens is 565 g/mol. The molecule has 12 heteroatoms. The molecule has 3 atom stereocenters. The molecule has 220 valence electrons. The highest BCUT2D eigenvalue weighted by Gasteiger charge is 2.35. The number of aliphatic hydroxyl groups is 1. The molecule has 1 aliphatic rings. The van der Waals surface area contributed by atoms with Crippen LogP contribution in [0.15, 0.2) is 24.8 Å². The van der Waals surface area contributed by atoms with Crippen LogP contribution >= 0.6 is 23.2 Å². The third-order valence-electron chi connectivity index (χ3n) is 5.98. The summed E-state index contributed by atoms with van der Waals surface area (Å²) in [6.45, 7) is 15.3. The van der Waals surface area contributed by atoms with Crippen LogP contribution in [0.5, 0.6) is 5.75 Å². The van der Waals surface area contributed by atoms with Gasteiger partial charge in [0.2, 0.25) is 0 Å². The van der Waals surface area contributed by atoms with E-state index in [1.54, 1.807) is 43.9 Å². The lowest BCUT2D eigenvalue weighted by Gasteiger charge is -2.38. The van der Waals surface area contributed by atoms with Crippen LogP contribution in [0, 0.1) is 5.92 Å². The predicted octanol–water partition coefficient (Wildman–Crippen LogP) is 4.78. The molecule has 1 aliphatic heterocycles. The molecule has 2 amide bonds. The summed E-state index contributed by atoms with van der Waals surface area (Å²) in [6.07, 6.45) is 0.654. The van der Waals surface area contributed by atoms with Crippen molar-refractivity contribution in [3.05, 3.63) is 40.4 Å². The zero-order valence-corrected chi connectivity index (χ0v) is 25.8. The van der Waals surface area contributed by atoms with E-state index in [1.807, 2.05) is 20.8 Å². The number of carbonyl (C=O) groups is 2. The monoisotopic (exact) mass is 605 g/mol. The van der Waals surface area contributed by atoms with Gasteiger partial charge in [0.15, 0.2) is 0 Å². The van der Waals surface area contributed by atoms with Crippen molar-refractivity contribution in [1.82, 2.24) is 14.9 Å². The van der Waals surface area contributed by atoms with Crippen molar-refractivity contribution in [2.45, 2.75) is 76.9 Å². The first kappa shape index (κ1) is 33.4. The number of aliphatic hydroxyl groups excluding tert-OH is 1. The number of alkyl carbamates (subject to hydrolysis) is 1. The molecule has 0 bridgehead atoms. The number of nitrogens with one attached hydrogen (secondary N) is 2. The van der Waals surface area contributed by atoms with Gasteiger partial charge >= 0.3 is 6.09 Å². The molecule has 0 radical (unpaired) electrons. The zero-order chi connectivity index (χ0) is 29.5. The van der Waals surface area contributed by atoms with Gasteiger partial charge in [0.25, 0.3) is 5.91 Å². The van der Waals surface area contributed by atoms with Gasteiger partial charge in [-0.1, -0.05) is 35.9 Å². The Hall–Kier alpha value is -1.85. The van der Waals surface area contributed by atoms with Gasteiger partial charge < -0.3 is 24.8 Å². The summed E-state index contributed by atoms with van der Waals surface area (Å²) < 4.78 is 27.0. The molecule has 3 N–H and O–H groups in total. The van der Waals surface area contributed by atoms with Crippen LogP contribution in [-0.4, -0.2) is 68.9 Å². The van der Waals surface area contributed by atoms with Gasteiger partial charge in [-0.05, 0) is 66.4 Å². The Bertz CT molecular complexity index is 1050. The maximum Gasteiger partial charge on any atom is 0.407 e. The number of nitrogens with zero attached hydrogens (tertiary/aromatic N) is 1. The van der Waals surface area contributed by atoms with Crippen molar-refractivity contribution in [1.29, 1.82) is 0 Å². The van der Waals surface area contributed by atoms with Crippen molar-refractivity contribution in [3.63, 3.8) is 0 Å². The normalized spacial score (nSPS) is 17.2. The quantitative estimate of drug-likeness (QED) is 0.331. The Morgan fingerprint density at radius 1 is 1.18 bits per heavy atom. The minimum Gasteiger partial charge on any atom is -0.489 e. The average molecular weight is 607 g/mol. The Morgan fingerprint density at radius 2 is 1.77 bits per heavy atom. The summed E-state index contributed by atoms with van der Waals surface area (Å²) in [5, 5.41) is 13.5. The maximum atomic E-state index is 13.2. The highest BCUT2D eigenvalue weighted by molar-refractivity contribution is 7.84. The van der Waals surface area contributed by atoms with Crippen LogP contribution in [0.3, 0.4) is 0 Å². The van der Waals surface area contributed by atoms with E-state index in [4.69, 9.17) is 32.7 Å². The predicted molar refractivity (Wildman–Crippen MR) is 155 cm³/mol. The molecule has 0 aliphatic carbocycles. The number of rotatable bonds is 10. The zero-order valence-electron chi connectivity index (χ0n) is 23.5. The molecule has 0 saturated carbocycles. The maximum absolute atomic E-state index is 13.2. The summed E-state index contributed by atoms with van der Waals surface area (Å²) in [5.41, 5.74) is 0.0304. The SMILES string of the molecule is C=CCOc1cc(Cl)c(Cl)cc1[C@H](N[S@@](=O)C(C)(C)C)C1CCN(C(=O)[C@@H](O)CNC(=O)OC(C)(C)C)CC1. The van der Waals surface area contributed by atoms with E-state index in [0.717, 1.165) is 5.56 Å². The number of halogens is 2. The molecule has 1 aromatic carbocycles. The van der Waals surface area contributed by atoms with Crippen molar-refractivity contribution in [2.75, 3.05) is 26.2 Å². The van der Waals surface area contributed by atoms with Crippen molar-refractivity contribution >= 4 is 46.2 Å². The lowest BCUT2D eigenvalue weighted by molar-refractivity contribution is -0.141. The van der Waals surface area contributed by atoms with Crippen LogP contribution < -0.4 is 14.8 Å². The van der Waals surface area contributed by atoms with Gasteiger partial charge in [-0.2, -0.15) is 0 Å². The van der Waals surface area contributed by atoms with Gasteiger partial charge in [0.1, 0.15) is 24.1 Å². The highest BCUT2D eigenvalue weighted by Crippen LogP contribution is 2.40. The fraction of sp³-hybridized carbons (Fsp3) is 0.630. The lowest BCUT2D eigenvalue weighted by Crippen LogP contribution is -2.49. The largest absolute Gasteiger partial charge is 0.489 e. The smallest absolute Gasteiger partial charge is 0.407 e. The van der Waals surface area contributed by atoms with Crippen LogP contribution in [0.4, 0.5) is 4.79 Å². The molecule has 1 heterocycles. The molecule has 0 spiro atoms. The topological polar surface area (TPSA) is 117 Å². The number of hydrogen-bond donors (Lipinski definition) is 3. The summed E-state index contributed by atoms with van der Waals surface area (Å²) in [5.74, 6) is 0.00684. The van der Waals surface area contributed by atoms with E-state index in [-0.39, 0.29) is 19.1 Å². The van der Waals surface area contributed by atoms with Crippen LogP contribution in [-0.2, 0) is 20.5 Å². The first-order chi connectivity index (χ1) is 18.0. The summed E-state index contributed by atoms with van der Waals surface area (Å²) in [6, 6.07) is 2.96. The fourth-order valence-corrected chi connectivity index (χ4v) is 5.24. The average Bonchev–Trinajstić information content (AvgIpc) is 2.84. The summed E-state index contributed by atoms with van der Waals surface area (Å²) in [7, 11) is -1.41. The first-order valence-electron chi connectivity index (χ1n) is 12.9. The van der Waals surface area contributed by atoms with E-state index < -0.39 is 45.5 Å². The Morgan fingerprint density at radius 3 is 2.31 bits per heavy atom.